The van der Waals surface area contributed by atoms with Crippen LogP contribution < -0.4 is 10.2 Å². The van der Waals surface area contributed by atoms with Crippen molar-refractivity contribution in [3.63, 3.8) is 0 Å². The van der Waals surface area contributed by atoms with E-state index in [4.69, 9.17) is 4.74 Å². The number of nitrogens with one attached hydrogen (secondary N) is 1. The van der Waals surface area contributed by atoms with E-state index in [-0.39, 0.29) is 12.0 Å². The first kappa shape index (κ1) is 13.0. The van der Waals surface area contributed by atoms with Crippen LogP contribution in [0, 0.1) is 0 Å². The molecule has 0 spiro atoms. The lowest BCUT2D eigenvalue weighted by molar-refractivity contribution is -0.143. The van der Waals surface area contributed by atoms with Crippen molar-refractivity contribution in [1.29, 1.82) is 0 Å². The van der Waals surface area contributed by atoms with Crippen LogP contribution in [-0.2, 0) is 16.0 Å². The van der Waals surface area contributed by atoms with Gasteiger partial charge in [-0.15, -0.1) is 0 Å². The molecule has 0 aromatic heterocycles. The first-order valence-corrected chi connectivity index (χ1v) is 7.08. The second kappa shape index (κ2) is 5.19. The summed E-state index contributed by atoms with van der Waals surface area (Å²) in [6, 6.07) is 8.20. The molecule has 1 unspecified atom stereocenters. The van der Waals surface area contributed by atoms with E-state index in [1.165, 1.54) is 23.9 Å². The highest BCUT2D eigenvalue weighted by Gasteiger charge is 2.29. The van der Waals surface area contributed by atoms with E-state index in [0.29, 0.717) is 0 Å². The molecule has 2 aliphatic rings. The highest BCUT2D eigenvalue weighted by Crippen LogP contribution is 2.34. The lowest BCUT2D eigenvalue weighted by atomic mass is 9.95. The highest BCUT2D eigenvalue weighted by atomic mass is 16.5. The molecule has 2 heterocycles. The Morgan fingerprint density at radius 1 is 1.40 bits per heavy atom. The van der Waals surface area contributed by atoms with E-state index in [1.54, 1.807) is 0 Å². The maximum atomic E-state index is 11.8. The number of esters is 1. The van der Waals surface area contributed by atoms with Crippen LogP contribution in [-0.4, -0.2) is 26.2 Å². The minimum Gasteiger partial charge on any atom is -0.467 e. The SMILES string of the molecule is COC(=O)C1CCCC2=C(N1)N(C)c1ccccc1C2. The van der Waals surface area contributed by atoms with Crippen LogP contribution in [0.1, 0.15) is 24.8 Å². The zero-order chi connectivity index (χ0) is 14.1. The quantitative estimate of drug-likeness (QED) is 0.796. The zero-order valence-corrected chi connectivity index (χ0v) is 12.0. The third-order valence-electron chi connectivity index (χ3n) is 4.20. The van der Waals surface area contributed by atoms with E-state index >= 15 is 0 Å². The molecule has 0 aliphatic carbocycles. The maximum absolute atomic E-state index is 11.8. The van der Waals surface area contributed by atoms with Crippen molar-refractivity contribution < 1.29 is 9.53 Å². The van der Waals surface area contributed by atoms with Gasteiger partial charge in [-0.05, 0) is 42.9 Å². The van der Waals surface area contributed by atoms with Crippen LogP contribution in [0.25, 0.3) is 0 Å². The Kier molecular flexibility index (Phi) is 3.38. The van der Waals surface area contributed by atoms with Crippen LogP contribution >= 0.6 is 0 Å². The van der Waals surface area contributed by atoms with Crippen LogP contribution in [0.4, 0.5) is 5.69 Å². The van der Waals surface area contributed by atoms with Crippen LogP contribution in [0.3, 0.4) is 0 Å². The number of fused-ring (bicyclic) bond motifs is 1. The van der Waals surface area contributed by atoms with Crippen LogP contribution in [0.15, 0.2) is 35.7 Å². The predicted molar refractivity (Wildman–Crippen MR) is 78.4 cm³/mol. The van der Waals surface area contributed by atoms with Gasteiger partial charge in [0.15, 0.2) is 0 Å². The Labute approximate surface area is 119 Å². The van der Waals surface area contributed by atoms with Crippen molar-refractivity contribution >= 4 is 11.7 Å². The first-order valence-electron chi connectivity index (χ1n) is 7.08. The number of benzene rings is 1. The van der Waals surface area contributed by atoms with E-state index < -0.39 is 0 Å². The molecule has 0 radical (unpaired) electrons. The van der Waals surface area contributed by atoms with Gasteiger partial charge in [0.25, 0.3) is 0 Å². The van der Waals surface area contributed by atoms with Crippen LogP contribution in [0.5, 0.6) is 0 Å². The molecule has 20 heavy (non-hydrogen) atoms. The van der Waals surface area contributed by atoms with Crippen LogP contribution in [0.2, 0.25) is 0 Å². The Hall–Kier alpha value is -1.97. The zero-order valence-electron chi connectivity index (χ0n) is 12.0. The summed E-state index contributed by atoms with van der Waals surface area (Å²) in [5, 5.41) is 3.39. The van der Waals surface area contributed by atoms with E-state index in [1.807, 2.05) is 0 Å². The van der Waals surface area contributed by atoms with E-state index in [0.717, 1.165) is 31.5 Å². The number of methoxy groups -OCH3 is 1. The molecule has 1 aromatic rings. The molecule has 4 heteroatoms. The van der Waals surface area contributed by atoms with E-state index in [9.17, 15) is 4.79 Å². The average Bonchev–Trinajstić information content (AvgIpc) is 2.69. The predicted octanol–water partition coefficient (Wildman–Crippen LogP) is 2.21. The fourth-order valence-corrected chi connectivity index (χ4v) is 3.14. The third-order valence-corrected chi connectivity index (χ3v) is 4.20. The minimum absolute atomic E-state index is 0.175. The van der Waals surface area contributed by atoms with Gasteiger partial charge < -0.3 is 15.0 Å². The number of para-hydroxylation sites is 1. The summed E-state index contributed by atoms with van der Waals surface area (Å²) in [6.45, 7) is 0. The smallest absolute Gasteiger partial charge is 0.328 e. The Morgan fingerprint density at radius 2 is 2.20 bits per heavy atom. The molecule has 2 aliphatic heterocycles. The summed E-state index contributed by atoms with van der Waals surface area (Å²) < 4.78 is 4.89. The molecule has 1 N–H and O–H groups in total. The number of ether oxygens (including phenoxy) is 1. The molecule has 0 saturated carbocycles. The molecule has 1 aromatic carbocycles. The summed E-state index contributed by atoms with van der Waals surface area (Å²) >= 11 is 0. The van der Waals surface area contributed by atoms with Crippen molar-refractivity contribution in [2.24, 2.45) is 0 Å². The van der Waals surface area contributed by atoms with Gasteiger partial charge in [-0.1, -0.05) is 18.2 Å². The second-order valence-electron chi connectivity index (χ2n) is 5.43. The number of hydrogen-bond donors (Lipinski definition) is 1. The van der Waals surface area contributed by atoms with Gasteiger partial charge in [0.1, 0.15) is 11.9 Å². The summed E-state index contributed by atoms with van der Waals surface area (Å²) in [4.78, 5) is 14.0. The minimum atomic E-state index is -0.236. The fraction of sp³-hybridized carbons (Fsp3) is 0.438. The lowest BCUT2D eigenvalue weighted by Crippen LogP contribution is -2.42. The maximum Gasteiger partial charge on any atom is 0.328 e. The summed E-state index contributed by atoms with van der Waals surface area (Å²) in [5.74, 6) is 0.905. The molecule has 0 saturated heterocycles. The Morgan fingerprint density at radius 3 is 3.00 bits per heavy atom. The van der Waals surface area contributed by atoms with E-state index in [2.05, 4.69) is 41.5 Å². The third kappa shape index (κ3) is 2.15. The molecule has 0 bridgehead atoms. The Bertz CT molecular complexity index is 565. The largest absolute Gasteiger partial charge is 0.467 e. The number of carbonyl (C=O) groups is 1. The van der Waals surface area contributed by atoms with Crippen molar-refractivity contribution in [3.05, 3.63) is 41.2 Å². The number of hydrogen-bond acceptors (Lipinski definition) is 4. The normalized spacial score (nSPS) is 21.5. The number of allylic oxidation sites excluding steroid dienone is 1. The van der Waals surface area contributed by atoms with Gasteiger partial charge in [-0.25, -0.2) is 4.79 Å². The molecule has 4 nitrogen and oxygen atoms in total. The number of carbonyl (C=O) groups excluding carboxylic acids is 1. The summed E-state index contributed by atoms with van der Waals surface area (Å²) in [5.41, 5.74) is 3.95. The topological polar surface area (TPSA) is 41.6 Å². The molecule has 0 amide bonds. The summed E-state index contributed by atoms with van der Waals surface area (Å²) in [7, 11) is 3.50. The van der Waals surface area contributed by atoms with Gasteiger partial charge in [0.05, 0.1) is 7.11 Å². The van der Waals surface area contributed by atoms with Crippen molar-refractivity contribution in [1.82, 2.24) is 5.32 Å². The molecule has 106 valence electrons. The number of anilines is 1. The lowest BCUT2D eigenvalue weighted by Gasteiger charge is -2.33. The molecular weight excluding hydrogens is 252 g/mol. The van der Waals surface area contributed by atoms with Gasteiger partial charge in [0, 0.05) is 12.7 Å². The molecular formula is C16H20N2O2. The summed E-state index contributed by atoms with van der Waals surface area (Å²) in [6.07, 6.45) is 3.84. The number of rotatable bonds is 1. The Balaban J connectivity index is 1.93. The molecule has 3 rings (SSSR count). The average molecular weight is 272 g/mol. The monoisotopic (exact) mass is 272 g/mol. The van der Waals surface area contributed by atoms with Gasteiger partial charge in [-0.2, -0.15) is 0 Å². The van der Waals surface area contributed by atoms with Gasteiger partial charge in [-0.3, -0.25) is 0 Å². The van der Waals surface area contributed by atoms with Crippen molar-refractivity contribution in [2.45, 2.75) is 31.7 Å². The van der Waals surface area contributed by atoms with Crippen molar-refractivity contribution in [3.8, 4) is 0 Å². The molecule has 0 fully saturated rings. The second-order valence-corrected chi connectivity index (χ2v) is 5.43. The number of nitrogens with zero attached hydrogens (tertiary/aromatic N) is 1. The molecule has 1 atom stereocenters. The van der Waals surface area contributed by atoms with Crippen molar-refractivity contribution in [2.75, 3.05) is 19.1 Å². The van der Waals surface area contributed by atoms with Gasteiger partial charge in [0.2, 0.25) is 0 Å². The highest BCUT2D eigenvalue weighted by molar-refractivity contribution is 5.76. The van der Waals surface area contributed by atoms with Gasteiger partial charge >= 0.3 is 5.97 Å². The fourth-order valence-electron chi connectivity index (χ4n) is 3.14. The standard InChI is InChI=1S/C16H20N2O2/c1-18-14-9-4-3-6-11(14)10-12-7-5-8-13(16(19)20-2)17-15(12)18/h3-4,6,9,13,17H,5,7-8,10H2,1-2H3. The first-order chi connectivity index (χ1) is 9.70.